The van der Waals surface area contributed by atoms with Crippen molar-refractivity contribution in [2.75, 3.05) is 13.2 Å². The first-order valence-electron chi connectivity index (χ1n) is 5.32. The number of rotatable bonds is 2. The number of nitrogens with zero attached hydrogens (tertiary/aromatic N) is 1. The molecule has 1 aliphatic rings. The number of aromatic carboxylic acids is 1. The van der Waals surface area contributed by atoms with Gasteiger partial charge in [-0.2, -0.15) is 0 Å². The monoisotopic (exact) mass is 263 g/mol. The molecule has 0 radical (unpaired) electrons. The molecule has 0 aromatic carbocycles. The third-order valence-electron chi connectivity index (χ3n) is 2.54. The Bertz CT molecular complexity index is 608. The van der Waals surface area contributed by atoms with Crippen molar-refractivity contribution in [1.82, 2.24) is 4.98 Å². The van der Waals surface area contributed by atoms with E-state index in [1.807, 2.05) is 6.07 Å². The van der Waals surface area contributed by atoms with E-state index >= 15 is 0 Å². The van der Waals surface area contributed by atoms with Gasteiger partial charge in [0.2, 0.25) is 0 Å². The van der Waals surface area contributed by atoms with Crippen LogP contribution < -0.4 is 9.47 Å². The summed E-state index contributed by atoms with van der Waals surface area (Å²) in [6.07, 6.45) is 1.65. The van der Waals surface area contributed by atoms with Gasteiger partial charge in [0.05, 0.1) is 0 Å². The lowest BCUT2D eigenvalue weighted by Gasteiger charge is -2.17. The van der Waals surface area contributed by atoms with Crippen LogP contribution in [0.15, 0.2) is 23.7 Å². The van der Waals surface area contributed by atoms with Gasteiger partial charge >= 0.3 is 5.97 Å². The first-order chi connectivity index (χ1) is 8.74. The van der Waals surface area contributed by atoms with Crippen LogP contribution >= 0.6 is 11.3 Å². The SMILES string of the molecule is O=C(O)c1cc(-c2cnc3c(c2)OCCO3)cs1. The molecule has 0 amide bonds. The Labute approximate surface area is 107 Å². The number of thiophene rings is 1. The predicted octanol–water partition coefficient (Wildman–Crippen LogP) is 2.28. The largest absolute Gasteiger partial charge is 0.484 e. The molecule has 1 aliphatic heterocycles. The van der Waals surface area contributed by atoms with E-state index in [0.29, 0.717) is 29.7 Å². The molecule has 2 aromatic heterocycles. The molecule has 3 heterocycles. The fourth-order valence-electron chi connectivity index (χ4n) is 1.69. The summed E-state index contributed by atoms with van der Waals surface area (Å²) in [6.45, 7) is 1.00. The highest BCUT2D eigenvalue weighted by atomic mass is 32.1. The highest BCUT2D eigenvalue weighted by Gasteiger charge is 2.15. The van der Waals surface area contributed by atoms with Crippen LogP contribution in [0.25, 0.3) is 11.1 Å². The van der Waals surface area contributed by atoms with Gasteiger partial charge in [-0.1, -0.05) is 0 Å². The summed E-state index contributed by atoms with van der Waals surface area (Å²) in [6, 6.07) is 3.44. The number of aromatic nitrogens is 1. The Morgan fingerprint density at radius 1 is 1.28 bits per heavy atom. The van der Waals surface area contributed by atoms with Crippen molar-refractivity contribution in [3.8, 4) is 22.8 Å². The lowest BCUT2D eigenvalue weighted by atomic mass is 10.1. The molecule has 0 aliphatic carbocycles. The molecule has 1 N–H and O–H groups in total. The Kier molecular flexibility index (Phi) is 2.64. The van der Waals surface area contributed by atoms with Crippen LogP contribution in [-0.4, -0.2) is 29.3 Å². The van der Waals surface area contributed by atoms with Crippen molar-refractivity contribution < 1.29 is 19.4 Å². The molecule has 0 atom stereocenters. The van der Waals surface area contributed by atoms with Crippen LogP contribution in [0.5, 0.6) is 11.6 Å². The van der Waals surface area contributed by atoms with E-state index in [0.717, 1.165) is 11.1 Å². The maximum Gasteiger partial charge on any atom is 0.345 e. The number of pyridine rings is 1. The maximum absolute atomic E-state index is 10.8. The fourth-order valence-corrected chi connectivity index (χ4v) is 2.45. The molecule has 0 saturated carbocycles. The molecule has 2 aromatic rings. The van der Waals surface area contributed by atoms with E-state index < -0.39 is 5.97 Å². The summed E-state index contributed by atoms with van der Waals surface area (Å²) in [5.41, 5.74) is 1.64. The van der Waals surface area contributed by atoms with Gasteiger partial charge in [0, 0.05) is 11.8 Å². The van der Waals surface area contributed by atoms with Gasteiger partial charge in [-0.05, 0) is 23.1 Å². The van der Waals surface area contributed by atoms with Crippen LogP contribution in [0, 0.1) is 0 Å². The number of carboxylic acids is 1. The van der Waals surface area contributed by atoms with Crippen molar-refractivity contribution in [2.45, 2.75) is 0 Å². The Morgan fingerprint density at radius 3 is 2.89 bits per heavy atom. The minimum absolute atomic E-state index is 0.305. The van der Waals surface area contributed by atoms with Crippen LogP contribution in [-0.2, 0) is 0 Å². The van der Waals surface area contributed by atoms with E-state index in [1.54, 1.807) is 17.6 Å². The third kappa shape index (κ3) is 1.91. The second-order valence-electron chi connectivity index (χ2n) is 3.73. The standard InChI is InChI=1S/C12H9NO4S/c14-12(15)10-4-8(6-18-10)7-3-9-11(13-5-7)17-2-1-16-9/h3-6H,1-2H2,(H,14,15). The minimum Gasteiger partial charge on any atom is -0.484 e. The topological polar surface area (TPSA) is 68.7 Å². The summed E-state index contributed by atoms with van der Waals surface area (Å²) in [5.74, 6) is 0.164. The summed E-state index contributed by atoms with van der Waals surface area (Å²) < 4.78 is 10.8. The predicted molar refractivity (Wildman–Crippen MR) is 65.5 cm³/mol. The van der Waals surface area contributed by atoms with Crippen molar-refractivity contribution in [1.29, 1.82) is 0 Å². The van der Waals surface area contributed by atoms with Gasteiger partial charge in [0.15, 0.2) is 5.75 Å². The number of hydrogen-bond acceptors (Lipinski definition) is 5. The zero-order chi connectivity index (χ0) is 12.5. The number of fused-ring (bicyclic) bond motifs is 1. The number of ether oxygens (including phenoxy) is 2. The second-order valence-corrected chi connectivity index (χ2v) is 4.64. The summed E-state index contributed by atoms with van der Waals surface area (Å²) in [7, 11) is 0. The number of carboxylic acid groups (broad SMARTS) is 1. The first kappa shape index (κ1) is 11.0. The fraction of sp³-hybridized carbons (Fsp3) is 0.167. The first-order valence-corrected chi connectivity index (χ1v) is 6.20. The van der Waals surface area contributed by atoms with Crippen molar-refractivity contribution in [3.63, 3.8) is 0 Å². The minimum atomic E-state index is -0.920. The van der Waals surface area contributed by atoms with E-state index in [9.17, 15) is 4.79 Å². The molecule has 0 unspecified atom stereocenters. The molecule has 0 saturated heterocycles. The van der Waals surface area contributed by atoms with Gasteiger partial charge in [-0.25, -0.2) is 9.78 Å². The van der Waals surface area contributed by atoms with Crippen molar-refractivity contribution in [2.24, 2.45) is 0 Å². The van der Waals surface area contributed by atoms with Gasteiger partial charge in [0.25, 0.3) is 5.88 Å². The van der Waals surface area contributed by atoms with E-state index in [1.165, 1.54) is 11.3 Å². The van der Waals surface area contributed by atoms with Gasteiger partial charge in [-0.15, -0.1) is 11.3 Å². The lowest BCUT2D eigenvalue weighted by molar-refractivity contribution is 0.0702. The van der Waals surface area contributed by atoms with E-state index in [4.69, 9.17) is 14.6 Å². The highest BCUT2D eigenvalue weighted by molar-refractivity contribution is 7.12. The lowest BCUT2D eigenvalue weighted by Crippen LogP contribution is -2.16. The third-order valence-corrected chi connectivity index (χ3v) is 3.46. The van der Waals surface area contributed by atoms with Gasteiger partial charge in [0.1, 0.15) is 18.1 Å². The summed E-state index contributed by atoms with van der Waals surface area (Å²) in [4.78, 5) is 15.3. The molecule has 0 spiro atoms. The molecule has 0 fully saturated rings. The zero-order valence-corrected chi connectivity index (χ0v) is 10.1. The average molecular weight is 263 g/mol. The Morgan fingerprint density at radius 2 is 2.11 bits per heavy atom. The quantitative estimate of drug-likeness (QED) is 0.900. The zero-order valence-electron chi connectivity index (χ0n) is 9.25. The Hall–Kier alpha value is -2.08. The van der Waals surface area contributed by atoms with Gasteiger partial charge in [-0.3, -0.25) is 0 Å². The van der Waals surface area contributed by atoms with Crippen molar-refractivity contribution >= 4 is 17.3 Å². The van der Waals surface area contributed by atoms with Crippen LogP contribution in [0.3, 0.4) is 0 Å². The molecular formula is C12H9NO4S. The van der Waals surface area contributed by atoms with Gasteiger partial charge < -0.3 is 14.6 Å². The summed E-state index contributed by atoms with van der Waals surface area (Å²) >= 11 is 1.19. The van der Waals surface area contributed by atoms with Crippen LogP contribution in [0.2, 0.25) is 0 Å². The average Bonchev–Trinajstić information content (AvgIpc) is 2.88. The molecule has 6 heteroatoms. The molecule has 0 bridgehead atoms. The molecule has 5 nitrogen and oxygen atoms in total. The molecular weight excluding hydrogens is 254 g/mol. The van der Waals surface area contributed by atoms with Crippen LogP contribution in [0.1, 0.15) is 9.67 Å². The highest BCUT2D eigenvalue weighted by Crippen LogP contribution is 2.33. The normalized spacial score (nSPS) is 13.3. The maximum atomic E-state index is 10.8. The molecule has 92 valence electrons. The number of carbonyl (C=O) groups is 1. The second kappa shape index (κ2) is 4.30. The smallest absolute Gasteiger partial charge is 0.345 e. The van der Waals surface area contributed by atoms with Crippen LogP contribution in [0.4, 0.5) is 0 Å². The van der Waals surface area contributed by atoms with Crippen molar-refractivity contribution in [3.05, 3.63) is 28.6 Å². The molecule has 18 heavy (non-hydrogen) atoms. The number of hydrogen-bond donors (Lipinski definition) is 1. The van der Waals surface area contributed by atoms with E-state index in [2.05, 4.69) is 4.98 Å². The summed E-state index contributed by atoms with van der Waals surface area (Å²) in [5, 5.41) is 10.7. The van der Waals surface area contributed by atoms with E-state index in [-0.39, 0.29) is 0 Å². The Balaban J connectivity index is 1.98. The molecule has 3 rings (SSSR count).